The molecule has 100 valence electrons. The fraction of sp³-hybridized carbons (Fsp3) is 0.364. The summed E-state index contributed by atoms with van der Waals surface area (Å²) in [6.45, 7) is 1.25. The summed E-state index contributed by atoms with van der Waals surface area (Å²) in [5.74, 6) is 2.98. The average Bonchev–Trinajstić information content (AvgIpc) is 2.32. The van der Waals surface area contributed by atoms with Crippen LogP contribution >= 0.6 is 0 Å². The zero-order valence-corrected chi connectivity index (χ0v) is 9.72. The molecule has 0 radical (unpaired) electrons. The molecule has 1 aromatic rings. The van der Waals surface area contributed by atoms with Gasteiger partial charge < -0.3 is 15.3 Å². The summed E-state index contributed by atoms with van der Waals surface area (Å²) >= 11 is 0. The van der Waals surface area contributed by atoms with Gasteiger partial charge in [0, 0.05) is 6.42 Å². The van der Waals surface area contributed by atoms with Crippen molar-refractivity contribution in [2.75, 3.05) is 0 Å². The maximum absolute atomic E-state index is 13.9. The van der Waals surface area contributed by atoms with E-state index in [9.17, 15) is 14.3 Å². The second kappa shape index (κ2) is 5.19. The molecule has 0 saturated heterocycles. The summed E-state index contributed by atoms with van der Waals surface area (Å²) in [5.41, 5.74) is 0.498. The Kier molecular flexibility index (Phi) is 4.10. The molecule has 7 heteroatoms. The minimum Gasteiger partial charge on any atom is -0.504 e. The zero-order valence-electron chi connectivity index (χ0n) is 9.72. The molecular weight excluding hydrogens is 243 g/mol. The lowest BCUT2D eigenvalue weighted by molar-refractivity contribution is -0.145. The third-order valence-corrected chi connectivity index (χ3v) is 2.74. The molecule has 6 N–H and O–H groups in total. The largest absolute Gasteiger partial charge is 0.504 e. The number of hydrogen-bond donors (Lipinski definition) is 5. The number of carbonyl (C=O) groups is 1. The molecule has 0 aliphatic carbocycles. The van der Waals surface area contributed by atoms with Crippen LogP contribution < -0.4 is 11.3 Å². The number of carboxylic acid groups (broad SMARTS) is 1. The van der Waals surface area contributed by atoms with Gasteiger partial charge in [0.05, 0.1) is 0 Å². The second-order valence-electron chi connectivity index (χ2n) is 4.20. The molecule has 0 heterocycles. The molecule has 1 aromatic carbocycles. The fourth-order valence-corrected chi connectivity index (χ4v) is 1.42. The maximum Gasteiger partial charge on any atom is 0.325 e. The number of aliphatic carboxylic acids is 1. The molecule has 0 aliphatic heterocycles. The molecule has 0 bridgehead atoms. The van der Waals surface area contributed by atoms with E-state index in [1.54, 1.807) is 0 Å². The van der Waals surface area contributed by atoms with Crippen LogP contribution in [-0.2, 0) is 4.79 Å². The smallest absolute Gasteiger partial charge is 0.325 e. The van der Waals surface area contributed by atoms with Crippen molar-refractivity contribution in [2.45, 2.75) is 25.1 Å². The van der Waals surface area contributed by atoms with Gasteiger partial charge in [-0.25, -0.2) is 9.82 Å². The Hall–Kier alpha value is -1.86. The number of halogens is 1. The van der Waals surface area contributed by atoms with Crippen LogP contribution in [0.25, 0.3) is 0 Å². The van der Waals surface area contributed by atoms with Gasteiger partial charge in [-0.15, -0.1) is 0 Å². The summed E-state index contributed by atoms with van der Waals surface area (Å²) in [4.78, 5) is 10.9. The van der Waals surface area contributed by atoms with Crippen LogP contribution in [0, 0.1) is 0 Å². The van der Waals surface area contributed by atoms with Crippen molar-refractivity contribution in [3.63, 3.8) is 0 Å². The van der Waals surface area contributed by atoms with Crippen molar-refractivity contribution in [2.24, 2.45) is 5.84 Å². The number of alkyl halides is 1. The lowest BCUT2D eigenvalue weighted by Crippen LogP contribution is -2.53. The SMILES string of the molecule is CC(CC(F)c1ccc(O)c(O)c1)(NN)C(=O)O. The van der Waals surface area contributed by atoms with E-state index >= 15 is 0 Å². The summed E-state index contributed by atoms with van der Waals surface area (Å²) in [6, 6.07) is 3.43. The first kappa shape index (κ1) is 14.2. The van der Waals surface area contributed by atoms with Crippen molar-refractivity contribution in [1.29, 1.82) is 0 Å². The van der Waals surface area contributed by atoms with Crippen LogP contribution in [0.2, 0.25) is 0 Å². The number of hydrazine groups is 1. The summed E-state index contributed by atoms with van der Waals surface area (Å²) in [5, 5.41) is 27.3. The van der Waals surface area contributed by atoms with Gasteiger partial charge in [-0.3, -0.25) is 10.6 Å². The summed E-state index contributed by atoms with van der Waals surface area (Å²) in [7, 11) is 0. The van der Waals surface area contributed by atoms with Gasteiger partial charge in [0.2, 0.25) is 0 Å². The van der Waals surface area contributed by atoms with E-state index in [2.05, 4.69) is 5.43 Å². The first-order valence-corrected chi connectivity index (χ1v) is 5.17. The van der Waals surface area contributed by atoms with E-state index in [1.165, 1.54) is 13.0 Å². The lowest BCUT2D eigenvalue weighted by atomic mass is 9.92. The maximum atomic E-state index is 13.9. The van der Waals surface area contributed by atoms with Gasteiger partial charge >= 0.3 is 5.97 Å². The number of phenols is 2. The number of benzene rings is 1. The van der Waals surface area contributed by atoms with Crippen LogP contribution in [0.3, 0.4) is 0 Å². The second-order valence-corrected chi connectivity index (χ2v) is 4.20. The van der Waals surface area contributed by atoms with Gasteiger partial charge in [0.1, 0.15) is 11.7 Å². The van der Waals surface area contributed by atoms with Crippen molar-refractivity contribution in [3.05, 3.63) is 23.8 Å². The van der Waals surface area contributed by atoms with E-state index in [-0.39, 0.29) is 11.3 Å². The predicted molar refractivity (Wildman–Crippen MR) is 61.6 cm³/mol. The van der Waals surface area contributed by atoms with Crippen LogP contribution in [0.1, 0.15) is 25.1 Å². The van der Waals surface area contributed by atoms with E-state index < -0.39 is 29.9 Å². The summed E-state index contributed by atoms with van der Waals surface area (Å²) < 4.78 is 13.9. The van der Waals surface area contributed by atoms with Crippen LogP contribution in [0.5, 0.6) is 11.5 Å². The molecule has 2 atom stereocenters. The average molecular weight is 258 g/mol. The van der Waals surface area contributed by atoms with Crippen LogP contribution in [0.4, 0.5) is 4.39 Å². The Morgan fingerprint density at radius 1 is 1.50 bits per heavy atom. The van der Waals surface area contributed by atoms with E-state index in [1.807, 2.05) is 0 Å². The third kappa shape index (κ3) is 2.88. The highest BCUT2D eigenvalue weighted by Crippen LogP contribution is 2.33. The minimum absolute atomic E-state index is 0.0630. The number of nitrogens with one attached hydrogen (secondary N) is 1. The summed E-state index contributed by atoms with van der Waals surface area (Å²) in [6.07, 6.45) is -2.06. The third-order valence-electron chi connectivity index (χ3n) is 2.74. The molecule has 1 rings (SSSR count). The van der Waals surface area contributed by atoms with Crippen LogP contribution in [-0.4, -0.2) is 26.8 Å². The molecule has 0 amide bonds. The van der Waals surface area contributed by atoms with Gasteiger partial charge in [-0.05, 0) is 24.6 Å². The van der Waals surface area contributed by atoms with Crippen molar-refractivity contribution < 1.29 is 24.5 Å². The molecule has 0 aliphatic rings. The van der Waals surface area contributed by atoms with Gasteiger partial charge in [0.25, 0.3) is 0 Å². The molecule has 18 heavy (non-hydrogen) atoms. The lowest BCUT2D eigenvalue weighted by Gasteiger charge is -2.25. The molecule has 6 nitrogen and oxygen atoms in total. The monoisotopic (exact) mass is 258 g/mol. The van der Waals surface area contributed by atoms with E-state index in [4.69, 9.17) is 16.1 Å². The molecule has 0 aromatic heterocycles. The van der Waals surface area contributed by atoms with Crippen molar-refractivity contribution >= 4 is 5.97 Å². The molecule has 0 saturated carbocycles. The van der Waals surface area contributed by atoms with E-state index in [0.717, 1.165) is 12.1 Å². The molecule has 2 unspecified atom stereocenters. The highest BCUT2D eigenvalue weighted by Gasteiger charge is 2.35. The Bertz CT molecular complexity index is 455. The van der Waals surface area contributed by atoms with Crippen molar-refractivity contribution in [1.82, 2.24) is 5.43 Å². The van der Waals surface area contributed by atoms with Gasteiger partial charge in [0.15, 0.2) is 11.5 Å². The number of aromatic hydroxyl groups is 2. The molecule has 0 spiro atoms. The number of phenolic OH excluding ortho intramolecular Hbond substituents is 2. The topological polar surface area (TPSA) is 116 Å². The Balaban J connectivity index is 2.90. The molecule has 0 fully saturated rings. The number of rotatable bonds is 5. The normalized spacial score (nSPS) is 15.9. The van der Waals surface area contributed by atoms with Gasteiger partial charge in [-0.2, -0.15) is 0 Å². The predicted octanol–water partition coefficient (Wildman–Crippen LogP) is 0.805. The molecular formula is C11H15FN2O4. The minimum atomic E-state index is -1.64. The highest BCUT2D eigenvalue weighted by molar-refractivity contribution is 5.78. The van der Waals surface area contributed by atoms with Gasteiger partial charge in [-0.1, -0.05) is 6.07 Å². The van der Waals surface area contributed by atoms with Crippen LogP contribution in [0.15, 0.2) is 18.2 Å². The Morgan fingerprint density at radius 3 is 2.56 bits per heavy atom. The standard InChI is InChI=1S/C11H15FN2O4/c1-11(14-13,10(17)18)5-7(12)6-2-3-8(15)9(16)4-6/h2-4,7,14-16H,5,13H2,1H3,(H,17,18). The Labute approximate surface area is 103 Å². The number of nitrogens with two attached hydrogens (primary N) is 1. The highest BCUT2D eigenvalue weighted by atomic mass is 19.1. The number of hydrogen-bond acceptors (Lipinski definition) is 5. The zero-order chi connectivity index (χ0) is 13.9. The first-order valence-electron chi connectivity index (χ1n) is 5.17. The van der Waals surface area contributed by atoms with Crippen molar-refractivity contribution in [3.8, 4) is 11.5 Å². The quantitative estimate of drug-likeness (QED) is 0.303. The Morgan fingerprint density at radius 2 is 2.11 bits per heavy atom. The fourth-order valence-electron chi connectivity index (χ4n) is 1.42. The van der Waals surface area contributed by atoms with E-state index in [0.29, 0.717) is 0 Å². The number of carboxylic acids is 1. The first-order chi connectivity index (χ1) is 8.30.